The highest BCUT2D eigenvalue weighted by Gasteiger charge is 2.26. The first-order valence-corrected chi connectivity index (χ1v) is 8.47. The summed E-state index contributed by atoms with van der Waals surface area (Å²) >= 11 is 1.40. The molecular weight excluding hydrogens is 330 g/mol. The molecule has 8 heteroatoms. The topological polar surface area (TPSA) is 75.9 Å². The molecule has 0 saturated carbocycles. The average molecular weight is 349 g/mol. The summed E-state index contributed by atoms with van der Waals surface area (Å²) in [5.41, 5.74) is 0.394. The molecule has 24 heavy (non-hydrogen) atoms. The van der Waals surface area contributed by atoms with E-state index in [-0.39, 0.29) is 11.9 Å². The fourth-order valence-corrected chi connectivity index (χ4v) is 3.69. The molecule has 1 aliphatic rings. The van der Waals surface area contributed by atoms with E-state index in [2.05, 4.69) is 9.88 Å². The third kappa shape index (κ3) is 3.14. The van der Waals surface area contributed by atoms with Crippen molar-refractivity contribution in [2.24, 2.45) is 0 Å². The van der Waals surface area contributed by atoms with Crippen molar-refractivity contribution in [3.63, 3.8) is 0 Å². The molecule has 0 N–H and O–H groups in total. The molecule has 0 bridgehead atoms. The van der Waals surface area contributed by atoms with Gasteiger partial charge in [-0.25, -0.2) is 9.78 Å². The summed E-state index contributed by atoms with van der Waals surface area (Å²) in [6, 6.07) is 3.68. The number of ether oxygens (including phenoxy) is 1. The number of oxazole rings is 1. The Labute approximate surface area is 143 Å². The summed E-state index contributed by atoms with van der Waals surface area (Å²) in [7, 11) is 1.37. The second-order valence-electron chi connectivity index (χ2n) is 5.55. The Bertz CT molecular complexity index is 759. The molecule has 2 aromatic heterocycles. The second kappa shape index (κ2) is 6.64. The van der Waals surface area contributed by atoms with Crippen LogP contribution in [0.15, 0.2) is 16.5 Å². The van der Waals surface area contributed by atoms with Gasteiger partial charge in [0.05, 0.1) is 12.1 Å². The first kappa shape index (κ1) is 16.5. The monoisotopic (exact) mass is 349 g/mol. The Morgan fingerprint density at radius 2 is 1.92 bits per heavy atom. The van der Waals surface area contributed by atoms with E-state index < -0.39 is 0 Å². The molecule has 0 aromatic carbocycles. The fourth-order valence-electron chi connectivity index (χ4n) is 2.71. The lowest BCUT2D eigenvalue weighted by atomic mass is 10.2. The van der Waals surface area contributed by atoms with Crippen molar-refractivity contribution < 1.29 is 18.7 Å². The molecule has 3 heterocycles. The molecule has 1 amide bonds. The van der Waals surface area contributed by atoms with E-state index in [0.29, 0.717) is 48.4 Å². The minimum absolute atomic E-state index is 0.0922. The summed E-state index contributed by atoms with van der Waals surface area (Å²) < 4.78 is 10.1. The fraction of sp³-hybridized carbons (Fsp3) is 0.438. The van der Waals surface area contributed by atoms with Crippen molar-refractivity contribution >= 4 is 28.2 Å². The SMILES string of the molecule is COC(=O)c1ccc(N2CCN(C(=O)c3nc(C)oc3C)CC2)s1. The van der Waals surface area contributed by atoms with Gasteiger partial charge in [-0.2, -0.15) is 0 Å². The lowest BCUT2D eigenvalue weighted by molar-refractivity contribution is 0.0606. The van der Waals surface area contributed by atoms with Crippen molar-refractivity contribution in [1.82, 2.24) is 9.88 Å². The summed E-state index contributed by atoms with van der Waals surface area (Å²) in [5.74, 6) is 0.645. The van der Waals surface area contributed by atoms with Crippen molar-refractivity contribution in [2.75, 3.05) is 38.2 Å². The van der Waals surface area contributed by atoms with Crippen LogP contribution in [-0.2, 0) is 4.74 Å². The molecular formula is C16H19N3O4S. The third-order valence-corrected chi connectivity index (χ3v) is 5.09. The number of anilines is 1. The normalized spacial score (nSPS) is 14.8. The molecule has 0 radical (unpaired) electrons. The summed E-state index contributed by atoms with van der Waals surface area (Å²) in [4.78, 5) is 32.8. The molecule has 1 aliphatic heterocycles. The predicted octanol–water partition coefficient (Wildman–Crippen LogP) is 2.10. The number of carbonyl (C=O) groups excluding carboxylic acids is 2. The molecule has 0 spiro atoms. The number of esters is 1. The third-order valence-electron chi connectivity index (χ3n) is 3.96. The van der Waals surface area contributed by atoms with Gasteiger partial charge in [-0.3, -0.25) is 4.79 Å². The summed E-state index contributed by atoms with van der Waals surface area (Å²) in [6.07, 6.45) is 0. The smallest absolute Gasteiger partial charge is 0.348 e. The van der Waals surface area contributed by atoms with Crippen LogP contribution in [0.4, 0.5) is 5.00 Å². The highest BCUT2D eigenvalue weighted by atomic mass is 32.1. The van der Waals surface area contributed by atoms with Crippen LogP contribution in [0.3, 0.4) is 0 Å². The predicted molar refractivity (Wildman–Crippen MR) is 89.8 cm³/mol. The Morgan fingerprint density at radius 3 is 2.50 bits per heavy atom. The van der Waals surface area contributed by atoms with Crippen LogP contribution in [0.5, 0.6) is 0 Å². The quantitative estimate of drug-likeness (QED) is 0.790. The zero-order chi connectivity index (χ0) is 17.3. The van der Waals surface area contributed by atoms with E-state index in [1.165, 1.54) is 18.4 Å². The minimum Gasteiger partial charge on any atom is -0.465 e. The highest BCUT2D eigenvalue weighted by molar-refractivity contribution is 7.17. The number of rotatable bonds is 3. The first-order chi connectivity index (χ1) is 11.5. The molecule has 3 rings (SSSR count). The number of hydrogen-bond acceptors (Lipinski definition) is 7. The van der Waals surface area contributed by atoms with Crippen LogP contribution in [0.1, 0.15) is 31.8 Å². The van der Waals surface area contributed by atoms with Crippen LogP contribution in [-0.4, -0.2) is 55.0 Å². The van der Waals surface area contributed by atoms with Crippen LogP contribution in [0.25, 0.3) is 0 Å². The van der Waals surface area contributed by atoms with Gasteiger partial charge in [0.25, 0.3) is 5.91 Å². The number of nitrogens with zero attached hydrogens (tertiary/aromatic N) is 3. The van der Waals surface area contributed by atoms with Crippen LogP contribution in [0.2, 0.25) is 0 Å². The van der Waals surface area contributed by atoms with Gasteiger partial charge >= 0.3 is 5.97 Å². The number of hydrogen-bond donors (Lipinski definition) is 0. The summed E-state index contributed by atoms with van der Waals surface area (Å²) in [5, 5.41) is 1.01. The number of thiophene rings is 1. The van der Waals surface area contributed by atoms with Gasteiger partial charge in [0, 0.05) is 33.1 Å². The molecule has 2 aromatic rings. The second-order valence-corrected chi connectivity index (χ2v) is 6.61. The van der Waals surface area contributed by atoms with Gasteiger partial charge in [-0.1, -0.05) is 0 Å². The Kier molecular flexibility index (Phi) is 4.57. The van der Waals surface area contributed by atoms with Gasteiger partial charge in [0.15, 0.2) is 11.6 Å². The Morgan fingerprint density at radius 1 is 1.21 bits per heavy atom. The number of aryl methyl sites for hydroxylation is 2. The van der Waals surface area contributed by atoms with E-state index in [1.54, 1.807) is 24.8 Å². The van der Waals surface area contributed by atoms with Crippen LogP contribution < -0.4 is 4.90 Å². The van der Waals surface area contributed by atoms with Crippen molar-refractivity contribution in [2.45, 2.75) is 13.8 Å². The number of aromatic nitrogens is 1. The molecule has 1 fully saturated rings. The van der Waals surface area contributed by atoms with Gasteiger partial charge in [0.2, 0.25) is 0 Å². The maximum Gasteiger partial charge on any atom is 0.348 e. The van der Waals surface area contributed by atoms with E-state index in [4.69, 9.17) is 9.15 Å². The van der Waals surface area contributed by atoms with Crippen LogP contribution in [0, 0.1) is 13.8 Å². The standard InChI is InChI=1S/C16H19N3O4S/c1-10-14(17-11(2)23-10)15(20)19-8-6-18(7-9-19)13-5-4-12(24-13)16(21)22-3/h4-5H,6-9H2,1-3H3. The summed E-state index contributed by atoms with van der Waals surface area (Å²) in [6.45, 7) is 6.12. The zero-order valence-electron chi connectivity index (χ0n) is 13.9. The first-order valence-electron chi connectivity index (χ1n) is 7.66. The van der Waals surface area contributed by atoms with Gasteiger partial charge in [0.1, 0.15) is 10.6 Å². The molecule has 0 unspecified atom stereocenters. The van der Waals surface area contributed by atoms with E-state index >= 15 is 0 Å². The number of amides is 1. The number of methoxy groups -OCH3 is 1. The van der Waals surface area contributed by atoms with Crippen LogP contribution >= 0.6 is 11.3 Å². The van der Waals surface area contributed by atoms with Gasteiger partial charge < -0.3 is 19.0 Å². The molecule has 0 atom stereocenters. The van der Waals surface area contributed by atoms with E-state index in [1.807, 2.05) is 6.07 Å². The van der Waals surface area contributed by atoms with Crippen molar-refractivity contribution in [1.29, 1.82) is 0 Å². The average Bonchev–Trinajstić information content (AvgIpc) is 3.20. The lowest BCUT2D eigenvalue weighted by Crippen LogP contribution is -2.48. The van der Waals surface area contributed by atoms with Gasteiger partial charge in [-0.15, -0.1) is 11.3 Å². The van der Waals surface area contributed by atoms with E-state index in [0.717, 1.165) is 5.00 Å². The Balaban J connectivity index is 1.63. The maximum absolute atomic E-state index is 12.5. The maximum atomic E-state index is 12.5. The Hall–Kier alpha value is -2.35. The zero-order valence-corrected chi connectivity index (χ0v) is 14.7. The lowest BCUT2D eigenvalue weighted by Gasteiger charge is -2.35. The molecule has 0 aliphatic carbocycles. The molecule has 7 nitrogen and oxygen atoms in total. The number of carbonyl (C=O) groups is 2. The van der Waals surface area contributed by atoms with E-state index in [9.17, 15) is 9.59 Å². The largest absolute Gasteiger partial charge is 0.465 e. The van der Waals surface area contributed by atoms with Crippen molar-refractivity contribution in [3.05, 3.63) is 34.4 Å². The number of piperazine rings is 1. The molecule has 128 valence electrons. The molecule has 1 saturated heterocycles. The van der Waals surface area contributed by atoms with Gasteiger partial charge in [-0.05, 0) is 19.1 Å². The van der Waals surface area contributed by atoms with Crippen molar-refractivity contribution in [3.8, 4) is 0 Å². The minimum atomic E-state index is -0.322. The highest BCUT2D eigenvalue weighted by Crippen LogP contribution is 2.27.